The number of nitrogens with zero attached hydrogens (tertiary/aromatic N) is 3. The van der Waals surface area contributed by atoms with E-state index in [9.17, 15) is 14.4 Å². The van der Waals surface area contributed by atoms with Gasteiger partial charge in [-0.05, 0) is 38.1 Å². The van der Waals surface area contributed by atoms with E-state index in [0.29, 0.717) is 13.0 Å². The normalized spacial score (nSPS) is 22.2. The van der Waals surface area contributed by atoms with Gasteiger partial charge in [0.2, 0.25) is 18.2 Å². The minimum atomic E-state index is -0.104. The molecule has 2 rings (SSSR count). The van der Waals surface area contributed by atoms with E-state index < -0.39 is 0 Å². The molecule has 2 atom stereocenters. The highest BCUT2D eigenvalue weighted by Crippen LogP contribution is 2.24. The number of carbonyl (C=O) groups is 3. The van der Waals surface area contributed by atoms with Gasteiger partial charge >= 0.3 is 0 Å². The van der Waals surface area contributed by atoms with Gasteiger partial charge in [-0.1, -0.05) is 13.8 Å². The van der Waals surface area contributed by atoms with Crippen molar-refractivity contribution in [3.05, 3.63) is 0 Å². The molecule has 7 nitrogen and oxygen atoms in total. The van der Waals surface area contributed by atoms with Crippen molar-refractivity contribution in [3.8, 4) is 0 Å². The molecule has 0 spiro atoms. The summed E-state index contributed by atoms with van der Waals surface area (Å²) in [7, 11) is 1.78. The summed E-state index contributed by atoms with van der Waals surface area (Å²) < 4.78 is 0. The summed E-state index contributed by atoms with van der Waals surface area (Å²) in [5.74, 6) is 0.426. The predicted octanol–water partition coefficient (Wildman–Crippen LogP) is 0.302. The summed E-state index contributed by atoms with van der Waals surface area (Å²) >= 11 is 0. The standard InChI is InChI=1S/C18H32N4O3/c1-14(2)16(20(3)17(24)11-19-13-23)12-22-10-6-7-15(22)18(25)21-8-4-5-9-21/h13-16H,4-12H2,1-3H3,(H,19,23)/t15-,16+/m0/s1. The van der Waals surface area contributed by atoms with Crippen LogP contribution in [0.3, 0.4) is 0 Å². The lowest BCUT2D eigenvalue weighted by molar-refractivity contribution is -0.136. The van der Waals surface area contributed by atoms with Crippen molar-refractivity contribution in [1.29, 1.82) is 0 Å². The van der Waals surface area contributed by atoms with Gasteiger partial charge in [-0.25, -0.2) is 0 Å². The smallest absolute Gasteiger partial charge is 0.241 e. The van der Waals surface area contributed by atoms with Gasteiger partial charge in [0.1, 0.15) is 0 Å². The molecule has 2 saturated heterocycles. The van der Waals surface area contributed by atoms with Crippen molar-refractivity contribution in [3.63, 3.8) is 0 Å². The molecule has 1 N–H and O–H groups in total. The zero-order valence-corrected chi connectivity index (χ0v) is 15.7. The van der Waals surface area contributed by atoms with Crippen molar-refractivity contribution in [2.75, 3.05) is 39.8 Å². The van der Waals surface area contributed by atoms with Crippen molar-refractivity contribution in [2.24, 2.45) is 5.92 Å². The number of hydrogen-bond donors (Lipinski definition) is 1. The lowest BCUT2D eigenvalue weighted by atomic mass is 10.0. The Labute approximate surface area is 150 Å². The van der Waals surface area contributed by atoms with Crippen molar-refractivity contribution >= 4 is 18.2 Å². The fourth-order valence-electron chi connectivity index (χ4n) is 3.93. The zero-order valence-electron chi connectivity index (χ0n) is 15.7. The van der Waals surface area contributed by atoms with Gasteiger partial charge in [-0.3, -0.25) is 19.3 Å². The molecule has 0 aromatic rings. The molecule has 0 unspecified atom stereocenters. The number of likely N-dealkylation sites (N-methyl/N-ethyl adjacent to an activating group) is 1. The van der Waals surface area contributed by atoms with Crippen LogP contribution in [0.4, 0.5) is 0 Å². The average Bonchev–Trinajstić information content (AvgIpc) is 3.27. The topological polar surface area (TPSA) is 73.0 Å². The van der Waals surface area contributed by atoms with Crippen LogP contribution >= 0.6 is 0 Å². The van der Waals surface area contributed by atoms with E-state index >= 15 is 0 Å². The van der Waals surface area contributed by atoms with Gasteiger partial charge < -0.3 is 15.1 Å². The van der Waals surface area contributed by atoms with E-state index in [1.165, 1.54) is 0 Å². The van der Waals surface area contributed by atoms with E-state index in [0.717, 1.165) is 45.3 Å². The Morgan fingerprint density at radius 2 is 1.88 bits per heavy atom. The van der Waals surface area contributed by atoms with E-state index in [2.05, 4.69) is 24.1 Å². The number of likely N-dealkylation sites (tertiary alicyclic amines) is 2. The fraction of sp³-hybridized carbons (Fsp3) is 0.833. The van der Waals surface area contributed by atoms with Gasteiger partial charge in [0, 0.05) is 32.7 Å². The molecular weight excluding hydrogens is 320 g/mol. The Morgan fingerprint density at radius 3 is 2.48 bits per heavy atom. The molecule has 7 heteroatoms. The van der Waals surface area contributed by atoms with Crippen LogP contribution in [0.15, 0.2) is 0 Å². The van der Waals surface area contributed by atoms with Gasteiger partial charge in [-0.15, -0.1) is 0 Å². The van der Waals surface area contributed by atoms with E-state index in [1.54, 1.807) is 11.9 Å². The first kappa shape index (κ1) is 19.7. The Kier molecular flexibility index (Phi) is 7.23. The number of rotatable bonds is 8. The monoisotopic (exact) mass is 352 g/mol. The Morgan fingerprint density at radius 1 is 1.20 bits per heavy atom. The number of hydrogen-bond acceptors (Lipinski definition) is 4. The fourth-order valence-corrected chi connectivity index (χ4v) is 3.93. The van der Waals surface area contributed by atoms with Gasteiger partial charge in [-0.2, -0.15) is 0 Å². The molecule has 2 aliphatic heterocycles. The molecular formula is C18H32N4O3. The lowest BCUT2D eigenvalue weighted by Gasteiger charge is -2.37. The lowest BCUT2D eigenvalue weighted by Crippen LogP contribution is -2.53. The van der Waals surface area contributed by atoms with Crippen LogP contribution in [0.2, 0.25) is 0 Å². The van der Waals surface area contributed by atoms with Gasteiger partial charge in [0.15, 0.2) is 0 Å². The minimum absolute atomic E-state index is 0.0133. The maximum atomic E-state index is 12.8. The summed E-state index contributed by atoms with van der Waals surface area (Å²) in [4.78, 5) is 41.5. The molecule has 0 aliphatic carbocycles. The van der Waals surface area contributed by atoms with Crippen LogP contribution in [0.1, 0.15) is 39.5 Å². The minimum Gasteiger partial charge on any atom is -0.350 e. The summed E-state index contributed by atoms with van der Waals surface area (Å²) in [6.45, 7) is 7.57. The quantitative estimate of drug-likeness (QED) is 0.638. The molecule has 0 aromatic carbocycles. The second kappa shape index (κ2) is 9.17. The SMILES string of the molecule is CC(C)[C@@H](CN1CCC[C@H]1C(=O)N1CCCC1)N(C)C(=O)CNC=O. The molecule has 25 heavy (non-hydrogen) atoms. The van der Waals surface area contributed by atoms with Crippen LogP contribution in [0, 0.1) is 5.92 Å². The molecule has 2 heterocycles. The largest absolute Gasteiger partial charge is 0.350 e. The first-order valence-electron chi connectivity index (χ1n) is 9.41. The van der Waals surface area contributed by atoms with Crippen LogP contribution < -0.4 is 5.32 Å². The maximum Gasteiger partial charge on any atom is 0.241 e. The zero-order chi connectivity index (χ0) is 18.4. The molecule has 142 valence electrons. The Balaban J connectivity index is 2.00. The number of amides is 3. The third kappa shape index (κ3) is 4.93. The molecule has 0 bridgehead atoms. The molecule has 0 radical (unpaired) electrons. The second-order valence-corrected chi connectivity index (χ2v) is 7.50. The van der Waals surface area contributed by atoms with E-state index in [-0.39, 0.29) is 36.4 Å². The number of nitrogens with one attached hydrogen (secondary N) is 1. The highest BCUT2D eigenvalue weighted by molar-refractivity contribution is 5.82. The maximum absolute atomic E-state index is 12.8. The average molecular weight is 352 g/mol. The molecule has 2 fully saturated rings. The summed E-state index contributed by atoms with van der Waals surface area (Å²) in [5.41, 5.74) is 0. The first-order valence-corrected chi connectivity index (χ1v) is 9.41. The molecule has 0 aromatic heterocycles. The summed E-state index contributed by atoms with van der Waals surface area (Å²) in [6, 6.07) is -0.0242. The third-order valence-corrected chi connectivity index (χ3v) is 5.49. The molecule has 2 aliphatic rings. The third-order valence-electron chi connectivity index (χ3n) is 5.49. The first-order chi connectivity index (χ1) is 12.0. The summed E-state index contributed by atoms with van der Waals surface area (Å²) in [5, 5.41) is 2.43. The second-order valence-electron chi connectivity index (χ2n) is 7.50. The van der Waals surface area contributed by atoms with Crippen LogP contribution in [-0.2, 0) is 14.4 Å². The Hall–Kier alpha value is -1.63. The Bertz CT molecular complexity index is 477. The predicted molar refractivity (Wildman–Crippen MR) is 95.9 cm³/mol. The summed E-state index contributed by atoms with van der Waals surface area (Å²) in [6.07, 6.45) is 4.69. The molecule has 0 saturated carbocycles. The van der Waals surface area contributed by atoms with Crippen LogP contribution in [0.5, 0.6) is 0 Å². The number of carbonyl (C=O) groups excluding carboxylic acids is 3. The van der Waals surface area contributed by atoms with E-state index in [1.807, 2.05) is 4.90 Å². The van der Waals surface area contributed by atoms with Crippen molar-refractivity contribution in [2.45, 2.75) is 51.6 Å². The van der Waals surface area contributed by atoms with Crippen LogP contribution in [-0.4, -0.2) is 84.8 Å². The van der Waals surface area contributed by atoms with Gasteiger partial charge in [0.25, 0.3) is 0 Å². The highest BCUT2D eigenvalue weighted by atomic mass is 16.2. The van der Waals surface area contributed by atoms with E-state index in [4.69, 9.17) is 0 Å². The highest BCUT2D eigenvalue weighted by Gasteiger charge is 2.37. The molecule has 3 amide bonds. The van der Waals surface area contributed by atoms with Gasteiger partial charge in [0.05, 0.1) is 12.6 Å². The van der Waals surface area contributed by atoms with Crippen molar-refractivity contribution < 1.29 is 14.4 Å². The van der Waals surface area contributed by atoms with Crippen molar-refractivity contribution in [1.82, 2.24) is 20.0 Å². The van der Waals surface area contributed by atoms with Crippen LogP contribution in [0.25, 0.3) is 0 Å².